The third-order valence-electron chi connectivity index (χ3n) is 2.28. The van der Waals surface area contributed by atoms with Gasteiger partial charge in [-0.1, -0.05) is 23.2 Å². The Hall–Kier alpha value is -0.780. The normalized spacial score (nSPS) is 11.4. The van der Waals surface area contributed by atoms with E-state index in [1.54, 1.807) is 0 Å². The highest BCUT2D eigenvalue weighted by Gasteiger charge is 2.18. The molecule has 0 fully saturated rings. The van der Waals surface area contributed by atoms with E-state index in [0.717, 1.165) is 0 Å². The van der Waals surface area contributed by atoms with Crippen molar-refractivity contribution in [1.29, 1.82) is 0 Å². The van der Waals surface area contributed by atoms with Crippen LogP contribution in [-0.2, 0) is 14.6 Å². The van der Waals surface area contributed by atoms with Gasteiger partial charge in [0.15, 0.2) is 9.84 Å². The zero-order valence-electron chi connectivity index (χ0n) is 9.40. The number of hydrogen-bond donors (Lipinski definition) is 1. The molecule has 0 aliphatic carbocycles. The van der Waals surface area contributed by atoms with Gasteiger partial charge in [-0.2, -0.15) is 0 Å². The number of carboxylic acid groups (broad SMARTS) is 1. The number of rotatable bonds is 6. The van der Waals surface area contributed by atoms with E-state index in [1.807, 2.05) is 0 Å². The largest absolute Gasteiger partial charge is 0.481 e. The Bertz CT molecular complexity index is 540. The Balaban J connectivity index is 2.74. The molecule has 0 heterocycles. The van der Waals surface area contributed by atoms with Crippen molar-refractivity contribution in [1.82, 2.24) is 0 Å². The minimum atomic E-state index is -3.52. The molecule has 1 N–H and O–H groups in total. The average Bonchev–Trinajstić information content (AvgIpc) is 2.27. The Kier molecular flexibility index (Phi) is 5.44. The molecule has 0 aromatic heterocycles. The van der Waals surface area contributed by atoms with Crippen LogP contribution in [0.5, 0.6) is 0 Å². The molecular weight excluding hydrogens is 299 g/mol. The molecule has 0 aliphatic rings. The summed E-state index contributed by atoms with van der Waals surface area (Å²) >= 11 is 11.5. The minimum Gasteiger partial charge on any atom is -0.481 e. The molecule has 0 amide bonds. The van der Waals surface area contributed by atoms with Crippen LogP contribution in [0.3, 0.4) is 0 Å². The van der Waals surface area contributed by atoms with E-state index in [9.17, 15) is 13.2 Å². The number of carboxylic acids is 1. The fourth-order valence-corrected chi connectivity index (χ4v) is 3.58. The molecule has 1 aromatic carbocycles. The highest BCUT2D eigenvalue weighted by molar-refractivity contribution is 7.91. The van der Waals surface area contributed by atoms with Crippen molar-refractivity contribution in [3.05, 3.63) is 28.2 Å². The molecule has 0 radical (unpaired) electrons. The molecule has 7 heteroatoms. The van der Waals surface area contributed by atoms with Crippen molar-refractivity contribution in [3.63, 3.8) is 0 Å². The monoisotopic (exact) mass is 310 g/mol. The minimum absolute atomic E-state index is 0.00742. The van der Waals surface area contributed by atoms with E-state index < -0.39 is 15.8 Å². The highest BCUT2D eigenvalue weighted by Crippen LogP contribution is 2.26. The highest BCUT2D eigenvalue weighted by atomic mass is 35.5. The molecule has 0 aliphatic heterocycles. The molecule has 1 aromatic rings. The number of halogens is 2. The van der Waals surface area contributed by atoms with Crippen LogP contribution in [0.25, 0.3) is 0 Å². The van der Waals surface area contributed by atoms with Crippen molar-refractivity contribution >= 4 is 39.0 Å². The summed E-state index contributed by atoms with van der Waals surface area (Å²) in [6.07, 6.45) is 0.545. The molecule has 4 nitrogen and oxygen atoms in total. The maximum Gasteiger partial charge on any atom is 0.303 e. The van der Waals surface area contributed by atoms with Gasteiger partial charge in [-0.15, -0.1) is 0 Å². The molecule has 0 unspecified atom stereocenters. The summed E-state index contributed by atoms with van der Waals surface area (Å²) in [6.45, 7) is 0. The first-order chi connectivity index (χ1) is 8.33. The first-order valence-electron chi connectivity index (χ1n) is 5.22. The maximum absolute atomic E-state index is 12.0. The van der Waals surface area contributed by atoms with E-state index in [0.29, 0.717) is 11.4 Å². The number of sulfone groups is 1. The lowest BCUT2D eigenvalue weighted by atomic mass is 10.2. The van der Waals surface area contributed by atoms with Gasteiger partial charge in [-0.25, -0.2) is 8.42 Å². The molecule has 0 bridgehead atoms. The summed E-state index contributed by atoms with van der Waals surface area (Å²) in [6, 6.07) is 4.23. The van der Waals surface area contributed by atoms with Gasteiger partial charge in [0.05, 0.1) is 15.7 Å². The lowest BCUT2D eigenvalue weighted by Crippen LogP contribution is -2.08. The van der Waals surface area contributed by atoms with Gasteiger partial charge in [0.2, 0.25) is 0 Å². The van der Waals surface area contributed by atoms with Gasteiger partial charge in [-0.3, -0.25) is 4.79 Å². The number of aliphatic carboxylic acids is 1. The molecule has 0 spiro atoms. The van der Waals surface area contributed by atoms with Crippen LogP contribution in [0.1, 0.15) is 19.3 Å². The summed E-state index contributed by atoms with van der Waals surface area (Å²) in [5.74, 6) is -1.08. The number of unbranched alkanes of at least 4 members (excludes halogenated alkanes) is 1. The van der Waals surface area contributed by atoms with E-state index in [1.165, 1.54) is 18.2 Å². The van der Waals surface area contributed by atoms with E-state index >= 15 is 0 Å². The quantitative estimate of drug-likeness (QED) is 0.820. The van der Waals surface area contributed by atoms with Crippen LogP contribution >= 0.6 is 23.2 Å². The zero-order valence-corrected chi connectivity index (χ0v) is 11.7. The number of benzene rings is 1. The summed E-state index contributed by atoms with van der Waals surface area (Å²) in [4.78, 5) is 10.3. The predicted octanol–water partition coefficient (Wildman–Crippen LogP) is 3.02. The van der Waals surface area contributed by atoms with E-state index in [4.69, 9.17) is 28.3 Å². The third kappa shape index (κ3) is 4.48. The number of carbonyl (C=O) groups is 1. The van der Waals surface area contributed by atoms with Crippen LogP contribution < -0.4 is 0 Å². The SMILES string of the molecule is O=C(O)CCCCS(=O)(=O)c1cc(Cl)ccc1Cl. The van der Waals surface area contributed by atoms with Crippen molar-refractivity contribution in [3.8, 4) is 0 Å². The second kappa shape index (κ2) is 6.41. The summed E-state index contributed by atoms with van der Waals surface area (Å²) < 4.78 is 23.9. The first-order valence-corrected chi connectivity index (χ1v) is 7.63. The van der Waals surface area contributed by atoms with Crippen LogP contribution in [-0.4, -0.2) is 25.2 Å². The van der Waals surface area contributed by atoms with Crippen molar-refractivity contribution in [2.75, 3.05) is 5.75 Å². The van der Waals surface area contributed by atoms with Crippen molar-refractivity contribution < 1.29 is 18.3 Å². The van der Waals surface area contributed by atoms with Crippen LogP contribution in [0.15, 0.2) is 23.1 Å². The van der Waals surface area contributed by atoms with E-state index in [2.05, 4.69) is 0 Å². The molecule has 0 atom stereocenters. The van der Waals surface area contributed by atoms with Gasteiger partial charge >= 0.3 is 5.97 Å². The van der Waals surface area contributed by atoms with Gasteiger partial charge in [0.25, 0.3) is 0 Å². The summed E-state index contributed by atoms with van der Waals surface area (Å²) in [7, 11) is -3.52. The Morgan fingerprint density at radius 1 is 1.22 bits per heavy atom. The Morgan fingerprint density at radius 3 is 2.50 bits per heavy atom. The van der Waals surface area contributed by atoms with Gasteiger partial charge < -0.3 is 5.11 Å². The second-order valence-corrected chi connectivity index (χ2v) is 6.67. The molecule has 1 rings (SSSR count). The van der Waals surface area contributed by atoms with Gasteiger partial charge in [0, 0.05) is 11.4 Å². The maximum atomic E-state index is 12.0. The molecular formula is C11H12Cl2O4S. The number of hydrogen-bond acceptors (Lipinski definition) is 3. The topological polar surface area (TPSA) is 71.4 Å². The van der Waals surface area contributed by atoms with Gasteiger partial charge in [-0.05, 0) is 31.0 Å². The Labute approximate surface area is 115 Å². The molecule has 18 heavy (non-hydrogen) atoms. The van der Waals surface area contributed by atoms with Crippen molar-refractivity contribution in [2.24, 2.45) is 0 Å². The Morgan fingerprint density at radius 2 is 1.89 bits per heavy atom. The van der Waals surface area contributed by atoms with Gasteiger partial charge in [0.1, 0.15) is 0 Å². The van der Waals surface area contributed by atoms with Crippen LogP contribution in [0.4, 0.5) is 0 Å². The lowest BCUT2D eigenvalue weighted by molar-refractivity contribution is -0.137. The molecule has 100 valence electrons. The van der Waals surface area contributed by atoms with Crippen molar-refractivity contribution in [2.45, 2.75) is 24.2 Å². The average molecular weight is 311 g/mol. The summed E-state index contributed by atoms with van der Waals surface area (Å²) in [5, 5.41) is 8.87. The zero-order chi connectivity index (χ0) is 13.8. The predicted molar refractivity (Wildman–Crippen MR) is 70.0 cm³/mol. The second-order valence-electron chi connectivity index (χ2n) is 3.74. The lowest BCUT2D eigenvalue weighted by Gasteiger charge is -2.06. The van der Waals surface area contributed by atoms with Crippen LogP contribution in [0, 0.1) is 0 Å². The molecule has 0 saturated carbocycles. The molecule has 0 saturated heterocycles. The summed E-state index contributed by atoms with van der Waals surface area (Å²) in [5.41, 5.74) is 0. The standard InChI is InChI=1S/C11H12Cl2O4S/c12-8-4-5-9(13)10(7-8)18(16,17)6-2-1-3-11(14)15/h4-5,7H,1-3,6H2,(H,14,15). The fraction of sp³-hybridized carbons (Fsp3) is 0.364. The van der Waals surface area contributed by atoms with E-state index in [-0.39, 0.29) is 28.5 Å². The first kappa shape index (κ1) is 15.3. The van der Waals surface area contributed by atoms with Crippen LogP contribution in [0.2, 0.25) is 10.0 Å². The fourth-order valence-electron chi connectivity index (χ4n) is 1.39. The third-order valence-corrected chi connectivity index (χ3v) is 4.79. The smallest absolute Gasteiger partial charge is 0.303 e.